The van der Waals surface area contributed by atoms with Crippen molar-refractivity contribution in [3.05, 3.63) is 35.4 Å². The largest absolute Gasteiger partial charge is 0.416 e. The molecule has 2 nitrogen and oxygen atoms in total. The first-order valence-corrected chi connectivity index (χ1v) is 5.66. The lowest BCUT2D eigenvalue weighted by Crippen LogP contribution is -2.07. The maximum atomic E-state index is 12.6. The number of rotatable bonds is 3. The molecule has 0 aliphatic heterocycles. The van der Waals surface area contributed by atoms with Crippen molar-refractivity contribution in [2.24, 2.45) is 9.98 Å². The van der Waals surface area contributed by atoms with Gasteiger partial charge in [-0.25, -0.2) is 4.99 Å². The average Bonchev–Trinajstić information content (AvgIpc) is 2.34. The maximum Gasteiger partial charge on any atom is 0.416 e. The van der Waals surface area contributed by atoms with E-state index in [0.29, 0.717) is 11.4 Å². The van der Waals surface area contributed by atoms with Crippen molar-refractivity contribution >= 4 is 12.1 Å². The van der Waals surface area contributed by atoms with Crippen LogP contribution in [0.2, 0.25) is 0 Å². The van der Waals surface area contributed by atoms with Crippen LogP contribution in [0.5, 0.6) is 0 Å². The number of halogens is 3. The topological polar surface area (TPSA) is 24.7 Å². The molecule has 0 unspecified atom stereocenters. The molecule has 0 aliphatic carbocycles. The molecule has 98 valence electrons. The van der Waals surface area contributed by atoms with E-state index in [9.17, 15) is 13.2 Å². The molecule has 1 rings (SSSR count). The first kappa shape index (κ1) is 14.4. The number of nitrogens with zero attached hydrogens (tertiary/aromatic N) is 2. The standard InChI is InChI=1S/C13H15F3N2/c1-3-4-8-18-12(17-2)10-6-5-7-11(9-10)13(14,15)16/h5-9H,3-4H2,1-2H3/b17-12-,18-8-. The molecule has 0 aliphatic rings. The summed E-state index contributed by atoms with van der Waals surface area (Å²) < 4.78 is 37.7. The Balaban J connectivity index is 3.01. The van der Waals surface area contributed by atoms with E-state index >= 15 is 0 Å². The van der Waals surface area contributed by atoms with Gasteiger partial charge in [0.2, 0.25) is 0 Å². The zero-order valence-corrected chi connectivity index (χ0v) is 10.3. The molecule has 1 aromatic rings. The van der Waals surface area contributed by atoms with Gasteiger partial charge in [0.1, 0.15) is 0 Å². The number of unbranched alkanes of at least 4 members (excludes halogenated alkanes) is 1. The summed E-state index contributed by atoms with van der Waals surface area (Å²) in [5, 5.41) is 0. The Morgan fingerprint density at radius 2 is 2.06 bits per heavy atom. The first-order chi connectivity index (χ1) is 8.49. The van der Waals surface area contributed by atoms with Crippen LogP contribution < -0.4 is 0 Å². The van der Waals surface area contributed by atoms with Crippen LogP contribution in [0, 0.1) is 0 Å². The second kappa shape index (κ2) is 6.33. The van der Waals surface area contributed by atoms with Gasteiger partial charge >= 0.3 is 6.18 Å². The van der Waals surface area contributed by atoms with Crippen LogP contribution in [-0.4, -0.2) is 19.1 Å². The maximum absolute atomic E-state index is 12.6. The Morgan fingerprint density at radius 3 is 2.61 bits per heavy atom. The van der Waals surface area contributed by atoms with E-state index in [1.165, 1.54) is 13.1 Å². The van der Waals surface area contributed by atoms with Crippen molar-refractivity contribution in [2.75, 3.05) is 7.05 Å². The van der Waals surface area contributed by atoms with Gasteiger partial charge in [-0.1, -0.05) is 25.5 Å². The number of benzene rings is 1. The second-order valence-electron chi connectivity index (χ2n) is 3.73. The van der Waals surface area contributed by atoms with E-state index in [4.69, 9.17) is 0 Å². The molecule has 0 saturated carbocycles. The summed E-state index contributed by atoms with van der Waals surface area (Å²) in [6.07, 6.45) is -0.967. The number of amidine groups is 1. The summed E-state index contributed by atoms with van der Waals surface area (Å²) >= 11 is 0. The lowest BCUT2D eigenvalue weighted by Gasteiger charge is -2.08. The Bertz CT molecular complexity index is 448. The lowest BCUT2D eigenvalue weighted by molar-refractivity contribution is -0.137. The summed E-state index contributed by atoms with van der Waals surface area (Å²) in [5.41, 5.74) is -0.313. The fourth-order valence-corrected chi connectivity index (χ4v) is 1.38. The normalized spacial score (nSPS) is 13.3. The SMILES string of the molecule is CCC/C=N\C(=N/C)c1cccc(C(F)(F)F)c1. The fraction of sp³-hybridized carbons (Fsp3) is 0.385. The van der Waals surface area contributed by atoms with Gasteiger partial charge in [-0.05, 0) is 18.6 Å². The molecule has 0 amide bonds. The summed E-state index contributed by atoms with van der Waals surface area (Å²) in [5.74, 6) is 0.314. The van der Waals surface area contributed by atoms with E-state index in [-0.39, 0.29) is 0 Å². The molecule has 0 radical (unpaired) electrons. The van der Waals surface area contributed by atoms with Gasteiger partial charge in [0, 0.05) is 18.8 Å². The third-order valence-electron chi connectivity index (χ3n) is 2.29. The lowest BCUT2D eigenvalue weighted by atomic mass is 10.1. The molecule has 0 bridgehead atoms. The molecule has 0 saturated heterocycles. The van der Waals surface area contributed by atoms with Crippen molar-refractivity contribution in [2.45, 2.75) is 25.9 Å². The molecule has 0 N–H and O–H groups in total. The van der Waals surface area contributed by atoms with Gasteiger partial charge in [-0.2, -0.15) is 13.2 Å². The second-order valence-corrected chi connectivity index (χ2v) is 3.73. The Labute approximate surface area is 104 Å². The molecule has 5 heteroatoms. The van der Waals surface area contributed by atoms with Gasteiger partial charge in [0.25, 0.3) is 0 Å². The Kier molecular flexibility index (Phi) is 5.07. The van der Waals surface area contributed by atoms with Crippen LogP contribution in [0.3, 0.4) is 0 Å². The van der Waals surface area contributed by atoms with E-state index in [1.807, 2.05) is 6.92 Å². The third kappa shape index (κ3) is 3.98. The molecule has 0 atom stereocenters. The van der Waals surface area contributed by atoms with Gasteiger partial charge in [0.05, 0.1) is 5.56 Å². The zero-order valence-electron chi connectivity index (χ0n) is 10.3. The monoisotopic (exact) mass is 256 g/mol. The highest BCUT2D eigenvalue weighted by Gasteiger charge is 2.30. The molecule has 0 fully saturated rings. The van der Waals surface area contributed by atoms with E-state index in [2.05, 4.69) is 9.98 Å². The zero-order chi connectivity index (χ0) is 13.6. The highest BCUT2D eigenvalue weighted by atomic mass is 19.4. The highest BCUT2D eigenvalue weighted by molar-refractivity contribution is 6.03. The van der Waals surface area contributed by atoms with E-state index in [1.54, 1.807) is 12.3 Å². The predicted octanol–water partition coefficient (Wildman–Crippen LogP) is 3.95. The summed E-state index contributed by atoms with van der Waals surface area (Å²) in [6, 6.07) is 5.03. The van der Waals surface area contributed by atoms with Crippen molar-refractivity contribution in [3.8, 4) is 0 Å². The summed E-state index contributed by atoms with van der Waals surface area (Å²) in [7, 11) is 1.51. The predicted molar refractivity (Wildman–Crippen MR) is 67.3 cm³/mol. The van der Waals surface area contributed by atoms with Crippen LogP contribution in [-0.2, 0) is 6.18 Å². The Morgan fingerprint density at radius 1 is 1.33 bits per heavy atom. The number of hydrogen-bond acceptors (Lipinski definition) is 1. The molecule has 0 spiro atoms. The van der Waals surface area contributed by atoms with Gasteiger partial charge in [0.15, 0.2) is 5.84 Å². The summed E-state index contributed by atoms with van der Waals surface area (Å²) in [6.45, 7) is 2.00. The molecular weight excluding hydrogens is 241 g/mol. The molecule has 18 heavy (non-hydrogen) atoms. The van der Waals surface area contributed by atoms with Crippen molar-refractivity contribution in [3.63, 3.8) is 0 Å². The smallest absolute Gasteiger partial charge is 0.270 e. The Hall–Kier alpha value is -1.65. The average molecular weight is 256 g/mol. The molecule has 0 aromatic heterocycles. The van der Waals surface area contributed by atoms with E-state index in [0.717, 1.165) is 25.0 Å². The minimum atomic E-state index is -4.35. The molecular formula is C13H15F3N2. The van der Waals surface area contributed by atoms with Gasteiger partial charge < -0.3 is 0 Å². The summed E-state index contributed by atoms with van der Waals surface area (Å²) in [4.78, 5) is 7.99. The van der Waals surface area contributed by atoms with Crippen molar-refractivity contribution in [1.29, 1.82) is 0 Å². The molecule has 0 heterocycles. The first-order valence-electron chi connectivity index (χ1n) is 5.66. The number of aliphatic imine (C=N–C) groups is 2. The van der Waals surface area contributed by atoms with Crippen LogP contribution in [0.15, 0.2) is 34.3 Å². The van der Waals surface area contributed by atoms with Crippen molar-refractivity contribution < 1.29 is 13.2 Å². The van der Waals surface area contributed by atoms with Gasteiger partial charge in [-0.3, -0.25) is 4.99 Å². The quantitative estimate of drug-likeness (QED) is 0.578. The van der Waals surface area contributed by atoms with Crippen LogP contribution in [0.1, 0.15) is 30.9 Å². The third-order valence-corrected chi connectivity index (χ3v) is 2.29. The molecule has 1 aromatic carbocycles. The number of alkyl halides is 3. The fourth-order valence-electron chi connectivity index (χ4n) is 1.38. The van der Waals surface area contributed by atoms with Crippen LogP contribution >= 0.6 is 0 Å². The minimum Gasteiger partial charge on any atom is -0.270 e. The van der Waals surface area contributed by atoms with Gasteiger partial charge in [-0.15, -0.1) is 0 Å². The minimum absolute atomic E-state index is 0.314. The van der Waals surface area contributed by atoms with Crippen LogP contribution in [0.4, 0.5) is 13.2 Å². The van der Waals surface area contributed by atoms with E-state index < -0.39 is 11.7 Å². The van der Waals surface area contributed by atoms with Crippen LogP contribution in [0.25, 0.3) is 0 Å². The van der Waals surface area contributed by atoms with Crippen molar-refractivity contribution in [1.82, 2.24) is 0 Å². The number of hydrogen-bond donors (Lipinski definition) is 0. The highest BCUT2D eigenvalue weighted by Crippen LogP contribution is 2.29.